The van der Waals surface area contributed by atoms with Gasteiger partial charge in [0.1, 0.15) is 0 Å². The quantitative estimate of drug-likeness (QED) is 0.445. The van der Waals surface area contributed by atoms with Crippen molar-refractivity contribution in [1.29, 1.82) is 0 Å². The van der Waals surface area contributed by atoms with E-state index in [1.54, 1.807) is 0 Å². The van der Waals surface area contributed by atoms with E-state index in [1.165, 1.54) is 6.08 Å². The number of rotatable bonds is 5. The third-order valence-corrected chi connectivity index (χ3v) is 1.04. The lowest BCUT2D eigenvalue weighted by molar-refractivity contribution is -0.116. The largest absolute Gasteiger partial charge is 0.387 e. The van der Waals surface area contributed by atoms with E-state index in [4.69, 9.17) is 0 Å². The van der Waals surface area contributed by atoms with E-state index in [-0.39, 0.29) is 5.91 Å². The lowest BCUT2D eigenvalue weighted by atomic mass is 10.5. The molecule has 0 aliphatic carbocycles. The van der Waals surface area contributed by atoms with Crippen molar-refractivity contribution in [2.45, 2.75) is 6.92 Å². The zero-order chi connectivity index (χ0) is 8.69. The summed E-state index contributed by atoms with van der Waals surface area (Å²) in [6, 6.07) is 0. The summed E-state index contributed by atoms with van der Waals surface area (Å²) in [6.45, 7) is 10.1. The molecule has 0 aromatic rings. The summed E-state index contributed by atoms with van der Waals surface area (Å²) in [5.74, 6) is -0.145. The molecule has 0 saturated heterocycles. The highest BCUT2D eigenvalue weighted by Gasteiger charge is 1.90. The summed E-state index contributed by atoms with van der Waals surface area (Å²) in [5, 5.41) is 5.61. The number of nitrogens with one attached hydrogen (secondary N) is 2. The molecule has 3 heteroatoms. The Labute approximate surface area is 67.2 Å². The molecule has 0 aliphatic heterocycles. The molecule has 0 aromatic heterocycles. The van der Waals surface area contributed by atoms with Gasteiger partial charge in [0.2, 0.25) is 5.91 Å². The van der Waals surface area contributed by atoms with Crippen LogP contribution in [0.5, 0.6) is 0 Å². The van der Waals surface area contributed by atoms with Crippen LogP contribution in [-0.2, 0) is 4.79 Å². The van der Waals surface area contributed by atoms with Crippen LogP contribution in [0, 0.1) is 0 Å². The summed E-state index contributed by atoms with van der Waals surface area (Å²) in [5.41, 5.74) is 0.901. The van der Waals surface area contributed by atoms with E-state index in [0.717, 1.165) is 5.70 Å². The first-order valence-corrected chi connectivity index (χ1v) is 3.46. The van der Waals surface area contributed by atoms with Crippen molar-refractivity contribution in [1.82, 2.24) is 10.6 Å². The highest BCUT2D eigenvalue weighted by atomic mass is 16.1. The van der Waals surface area contributed by atoms with Crippen LogP contribution in [0.4, 0.5) is 0 Å². The van der Waals surface area contributed by atoms with Crippen molar-refractivity contribution >= 4 is 5.91 Å². The van der Waals surface area contributed by atoms with E-state index >= 15 is 0 Å². The lowest BCUT2D eigenvalue weighted by Gasteiger charge is -2.04. The van der Waals surface area contributed by atoms with E-state index in [1.807, 2.05) is 6.92 Å². The SMILES string of the molecule is C=CC(=O)NCCNC(=C)C. The molecule has 0 aliphatic rings. The highest BCUT2D eigenvalue weighted by molar-refractivity contribution is 5.86. The highest BCUT2D eigenvalue weighted by Crippen LogP contribution is 1.74. The molecule has 0 fully saturated rings. The minimum Gasteiger partial charge on any atom is -0.387 e. The van der Waals surface area contributed by atoms with Crippen LogP contribution >= 0.6 is 0 Å². The van der Waals surface area contributed by atoms with Crippen LogP contribution in [0.15, 0.2) is 24.9 Å². The van der Waals surface area contributed by atoms with E-state index in [9.17, 15) is 4.79 Å². The van der Waals surface area contributed by atoms with Gasteiger partial charge in [0, 0.05) is 18.8 Å². The van der Waals surface area contributed by atoms with Crippen LogP contribution in [0.3, 0.4) is 0 Å². The third-order valence-electron chi connectivity index (χ3n) is 1.04. The summed E-state index contributed by atoms with van der Waals surface area (Å²) in [4.78, 5) is 10.6. The van der Waals surface area contributed by atoms with Crippen LogP contribution < -0.4 is 10.6 Å². The van der Waals surface area contributed by atoms with Gasteiger partial charge in [-0.05, 0) is 13.0 Å². The second kappa shape index (κ2) is 5.53. The molecule has 11 heavy (non-hydrogen) atoms. The molecule has 0 heterocycles. The fourth-order valence-corrected chi connectivity index (χ4v) is 0.534. The van der Waals surface area contributed by atoms with Gasteiger partial charge in [-0.2, -0.15) is 0 Å². The minimum absolute atomic E-state index is 0.145. The summed E-state index contributed by atoms with van der Waals surface area (Å²) < 4.78 is 0. The Balaban J connectivity index is 3.21. The molecular weight excluding hydrogens is 140 g/mol. The Bertz CT molecular complexity index is 163. The van der Waals surface area contributed by atoms with E-state index in [2.05, 4.69) is 23.8 Å². The van der Waals surface area contributed by atoms with Crippen molar-refractivity contribution < 1.29 is 4.79 Å². The van der Waals surface area contributed by atoms with Gasteiger partial charge in [-0.15, -0.1) is 0 Å². The van der Waals surface area contributed by atoms with Gasteiger partial charge in [-0.25, -0.2) is 0 Å². The predicted octanol–water partition coefficient (Wildman–Crippen LogP) is 0.412. The molecule has 2 N–H and O–H groups in total. The first kappa shape index (κ1) is 9.75. The third kappa shape index (κ3) is 6.64. The maximum absolute atomic E-state index is 10.6. The number of carbonyl (C=O) groups excluding carboxylic acids is 1. The number of hydrogen-bond donors (Lipinski definition) is 2. The van der Waals surface area contributed by atoms with Crippen molar-refractivity contribution in [3.05, 3.63) is 24.9 Å². The fourth-order valence-electron chi connectivity index (χ4n) is 0.534. The molecule has 0 saturated carbocycles. The number of hydrogen-bond acceptors (Lipinski definition) is 2. The first-order valence-electron chi connectivity index (χ1n) is 3.46. The fraction of sp³-hybridized carbons (Fsp3) is 0.375. The summed E-state index contributed by atoms with van der Waals surface area (Å²) in [7, 11) is 0. The Morgan fingerprint density at radius 2 is 2.00 bits per heavy atom. The van der Waals surface area contributed by atoms with Gasteiger partial charge in [-0.3, -0.25) is 4.79 Å². The van der Waals surface area contributed by atoms with Gasteiger partial charge < -0.3 is 10.6 Å². The lowest BCUT2D eigenvalue weighted by Crippen LogP contribution is -2.29. The van der Waals surface area contributed by atoms with Crippen LogP contribution in [0.25, 0.3) is 0 Å². The van der Waals surface area contributed by atoms with Gasteiger partial charge in [-0.1, -0.05) is 13.2 Å². The second-order valence-corrected chi connectivity index (χ2v) is 2.20. The average molecular weight is 154 g/mol. The monoisotopic (exact) mass is 154 g/mol. The normalized spacial score (nSPS) is 8.45. The van der Waals surface area contributed by atoms with E-state index < -0.39 is 0 Å². The Morgan fingerprint density at radius 1 is 1.45 bits per heavy atom. The zero-order valence-electron chi connectivity index (χ0n) is 6.81. The molecular formula is C8H14N2O. The maximum Gasteiger partial charge on any atom is 0.243 e. The van der Waals surface area contributed by atoms with Crippen LogP contribution in [0.2, 0.25) is 0 Å². The topological polar surface area (TPSA) is 41.1 Å². The maximum atomic E-state index is 10.6. The van der Waals surface area contributed by atoms with E-state index in [0.29, 0.717) is 13.1 Å². The summed E-state index contributed by atoms with van der Waals surface area (Å²) in [6.07, 6.45) is 1.25. The molecule has 0 aromatic carbocycles. The predicted molar refractivity (Wildman–Crippen MR) is 46.0 cm³/mol. The molecule has 62 valence electrons. The number of amides is 1. The molecule has 0 spiro atoms. The minimum atomic E-state index is -0.145. The van der Waals surface area contributed by atoms with Gasteiger partial charge >= 0.3 is 0 Å². The zero-order valence-corrected chi connectivity index (χ0v) is 6.81. The molecule has 0 unspecified atom stereocenters. The Morgan fingerprint density at radius 3 is 2.45 bits per heavy atom. The van der Waals surface area contributed by atoms with Crippen LogP contribution in [0.1, 0.15) is 6.92 Å². The van der Waals surface area contributed by atoms with Crippen LogP contribution in [-0.4, -0.2) is 19.0 Å². The van der Waals surface area contributed by atoms with Crippen molar-refractivity contribution in [3.63, 3.8) is 0 Å². The number of allylic oxidation sites excluding steroid dienone is 1. The standard InChI is InChI=1S/C8H14N2O/c1-4-8(11)10-6-5-9-7(2)3/h4,9H,1-2,5-6H2,3H3,(H,10,11). The molecule has 0 rings (SSSR count). The molecule has 0 atom stereocenters. The first-order chi connectivity index (χ1) is 5.16. The summed E-state index contributed by atoms with van der Waals surface area (Å²) >= 11 is 0. The van der Waals surface area contributed by atoms with Crippen molar-refractivity contribution in [2.24, 2.45) is 0 Å². The molecule has 0 bridgehead atoms. The van der Waals surface area contributed by atoms with Gasteiger partial charge in [0.15, 0.2) is 0 Å². The Kier molecular flexibility index (Phi) is 4.90. The average Bonchev–Trinajstić information content (AvgIpc) is 1.97. The molecule has 1 amide bonds. The van der Waals surface area contributed by atoms with Crippen molar-refractivity contribution in [2.75, 3.05) is 13.1 Å². The molecule has 3 nitrogen and oxygen atoms in total. The smallest absolute Gasteiger partial charge is 0.243 e. The molecule has 0 radical (unpaired) electrons. The number of carbonyl (C=O) groups is 1. The van der Waals surface area contributed by atoms with Gasteiger partial charge in [0.25, 0.3) is 0 Å². The van der Waals surface area contributed by atoms with Gasteiger partial charge in [0.05, 0.1) is 0 Å². The second-order valence-electron chi connectivity index (χ2n) is 2.20. The van der Waals surface area contributed by atoms with Crippen molar-refractivity contribution in [3.8, 4) is 0 Å². The Hall–Kier alpha value is -1.25.